The molecule has 0 fully saturated rings. The van der Waals surface area contributed by atoms with Gasteiger partial charge in [-0.15, -0.1) is 0 Å². The van der Waals surface area contributed by atoms with E-state index in [1.807, 2.05) is 0 Å². The molecule has 0 amide bonds. The van der Waals surface area contributed by atoms with E-state index in [1.54, 1.807) is 0 Å². The van der Waals surface area contributed by atoms with Crippen LogP contribution in [0, 0.1) is 10.1 Å². The molecule has 0 aliphatic carbocycles. The zero-order chi connectivity index (χ0) is 12.3. The largest absolute Gasteiger partial charge is 0.424 e. The van der Waals surface area contributed by atoms with Crippen LogP contribution in [0.2, 0.25) is 0 Å². The van der Waals surface area contributed by atoms with Gasteiger partial charge in [-0.2, -0.15) is 0 Å². The Balaban J connectivity index is 2.16. The minimum absolute atomic E-state index is 0.109. The van der Waals surface area contributed by atoms with Gasteiger partial charge in [0.25, 0.3) is 5.69 Å². The average molecular weight is 233 g/mol. The van der Waals surface area contributed by atoms with Gasteiger partial charge < -0.3 is 4.74 Å². The van der Waals surface area contributed by atoms with Crippen LogP contribution in [-0.2, 0) is 0 Å². The van der Waals surface area contributed by atoms with Gasteiger partial charge in [-0.05, 0) is 6.07 Å². The number of non-ortho nitro benzene ring substituents is 1. The predicted octanol–water partition coefficient (Wildman–Crippen LogP) is 1.84. The van der Waals surface area contributed by atoms with Crippen LogP contribution >= 0.6 is 0 Å². The molecule has 17 heavy (non-hydrogen) atoms. The number of hydrogen-bond acceptors (Lipinski definition) is 5. The summed E-state index contributed by atoms with van der Waals surface area (Å²) in [5.74, 6) is 0.109. The third-order valence-corrected chi connectivity index (χ3v) is 1.95. The van der Waals surface area contributed by atoms with Gasteiger partial charge in [0.1, 0.15) is 12.1 Å². The van der Waals surface area contributed by atoms with Gasteiger partial charge in [-0.3, -0.25) is 10.1 Å². The van der Waals surface area contributed by atoms with Crippen LogP contribution in [0.3, 0.4) is 0 Å². The van der Waals surface area contributed by atoms with E-state index < -0.39 is 11.0 Å². The van der Waals surface area contributed by atoms with E-state index >= 15 is 0 Å². The normalized spacial score (nSPS) is 9.88. The summed E-state index contributed by atoms with van der Waals surface area (Å²) in [5, 5.41) is 10.5. The minimum Gasteiger partial charge on any atom is -0.409 e. The van der Waals surface area contributed by atoms with Crippen molar-refractivity contribution in [2.24, 2.45) is 0 Å². The summed E-state index contributed by atoms with van der Waals surface area (Å²) >= 11 is 0. The van der Waals surface area contributed by atoms with Crippen LogP contribution in [0.1, 0.15) is 0 Å². The Bertz CT molecular complexity index is 550. The maximum absolute atomic E-state index is 11.5. The number of rotatable bonds is 2. The highest BCUT2D eigenvalue weighted by Crippen LogP contribution is 2.19. The fourth-order valence-electron chi connectivity index (χ4n) is 1.18. The molecule has 1 aromatic heterocycles. The van der Waals surface area contributed by atoms with Crippen molar-refractivity contribution in [2.75, 3.05) is 0 Å². The molecular weight excluding hydrogens is 226 g/mol. The van der Waals surface area contributed by atoms with Gasteiger partial charge in [0, 0.05) is 18.5 Å². The molecule has 1 aromatic carbocycles. The zero-order valence-corrected chi connectivity index (χ0v) is 8.52. The lowest BCUT2D eigenvalue weighted by atomic mass is 10.3. The minimum atomic E-state index is -0.678. The maximum atomic E-state index is 11.5. The lowest BCUT2D eigenvalue weighted by molar-refractivity contribution is -0.384. The van der Waals surface area contributed by atoms with Crippen LogP contribution in [0.4, 0.5) is 10.5 Å². The van der Waals surface area contributed by atoms with E-state index in [9.17, 15) is 14.9 Å². The molecule has 0 N–H and O–H groups in total. The van der Waals surface area contributed by atoms with Crippen molar-refractivity contribution in [1.82, 2.24) is 9.55 Å². The van der Waals surface area contributed by atoms with Crippen LogP contribution in [-0.4, -0.2) is 20.6 Å². The Labute approximate surface area is 95.4 Å². The summed E-state index contributed by atoms with van der Waals surface area (Å²) < 4.78 is 6.05. The second kappa shape index (κ2) is 4.44. The molecule has 0 spiro atoms. The maximum Gasteiger partial charge on any atom is 0.424 e. The average Bonchev–Trinajstić information content (AvgIpc) is 2.82. The number of carbonyl (C=O) groups excluding carboxylic acids is 1. The summed E-state index contributed by atoms with van der Waals surface area (Å²) in [5.41, 5.74) is -0.138. The molecule has 7 heteroatoms. The lowest BCUT2D eigenvalue weighted by Gasteiger charge is -2.03. The molecule has 1 heterocycles. The number of nitrogens with zero attached hydrogens (tertiary/aromatic N) is 3. The van der Waals surface area contributed by atoms with Crippen molar-refractivity contribution < 1.29 is 14.5 Å². The molecule has 0 unspecified atom stereocenters. The van der Waals surface area contributed by atoms with Crippen molar-refractivity contribution in [3.05, 3.63) is 53.1 Å². The summed E-state index contributed by atoms with van der Waals surface area (Å²) in [7, 11) is 0. The van der Waals surface area contributed by atoms with Gasteiger partial charge in [-0.1, -0.05) is 6.07 Å². The topological polar surface area (TPSA) is 87.3 Å². The van der Waals surface area contributed by atoms with Gasteiger partial charge in [0.15, 0.2) is 0 Å². The van der Waals surface area contributed by atoms with Crippen LogP contribution in [0.5, 0.6) is 5.75 Å². The van der Waals surface area contributed by atoms with Gasteiger partial charge >= 0.3 is 6.09 Å². The Morgan fingerprint density at radius 1 is 1.47 bits per heavy atom. The van der Waals surface area contributed by atoms with Crippen molar-refractivity contribution in [2.45, 2.75) is 0 Å². The first-order chi connectivity index (χ1) is 8.16. The standard InChI is InChI=1S/C10H7N3O4/c14-10(12-5-4-11-7-12)17-9-3-1-2-8(6-9)13(15)16/h1-7H. The van der Waals surface area contributed by atoms with E-state index in [0.717, 1.165) is 4.57 Å². The molecule has 0 bridgehead atoms. The summed E-state index contributed by atoms with van der Waals surface area (Å²) in [6, 6.07) is 5.39. The molecule has 0 saturated carbocycles. The monoisotopic (exact) mass is 233 g/mol. The number of imidazole rings is 1. The summed E-state index contributed by atoms with van der Waals surface area (Å²) in [4.78, 5) is 25.1. The zero-order valence-electron chi connectivity index (χ0n) is 8.52. The SMILES string of the molecule is O=C(Oc1cccc([N+](=O)[O-])c1)n1ccnc1. The molecule has 0 radical (unpaired) electrons. The van der Waals surface area contributed by atoms with Crippen LogP contribution in [0.25, 0.3) is 0 Å². The molecule has 0 aliphatic rings. The van der Waals surface area contributed by atoms with E-state index in [1.165, 1.54) is 43.0 Å². The number of nitro benzene ring substituents is 1. The highest BCUT2D eigenvalue weighted by molar-refractivity contribution is 5.73. The second-order valence-corrected chi connectivity index (χ2v) is 3.09. The number of aromatic nitrogens is 2. The van der Waals surface area contributed by atoms with Crippen molar-refractivity contribution >= 4 is 11.8 Å². The third-order valence-electron chi connectivity index (χ3n) is 1.95. The van der Waals surface area contributed by atoms with Crippen molar-refractivity contribution in [1.29, 1.82) is 0 Å². The Morgan fingerprint density at radius 3 is 2.94 bits per heavy atom. The number of hydrogen-bond donors (Lipinski definition) is 0. The molecule has 7 nitrogen and oxygen atoms in total. The molecule has 2 rings (SSSR count). The smallest absolute Gasteiger partial charge is 0.409 e. The predicted molar refractivity (Wildman–Crippen MR) is 56.7 cm³/mol. The number of benzene rings is 1. The van der Waals surface area contributed by atoms with Gasteiger partial charge in [0.2, 0.25) is 0 Å². The first-order valence-corrected chi connectivity index (χ1v) is 4.61. The Kier molecular flexibility index (Phi) is 2.82. The van der Waals surface area contributed by atoms with Crippen molar-refractivity contribution in [3.63, 3.8) is 0 Å². The summed E-state index contributed by atoms with van der Waals surface area (Å²) in [6.45, 7) is 0. The van der Waals surface area contributed by atoms with E-state index in [-0.39, 0.29) is 11.4 Å². The quantitative estimate of drug-likeness (QED) is 0.583. The summed E-state index contributed by atoms with van der Waals surface area (Å²) in [6.07, 6.45) is 3.44. The third kappa shape index (κ3) is 2.46. The molecule has 2 aromatic rings. The van der Waals surface area contributed by atoms with E-state index in [0.29, 0.717) is 0 Å². The lowest BCUT2D eigenvalue weighted by Crippen LogP contribution is -2.14. The number of ether oxygens (including phenoxy) is 1. The molecule has 0 atom stereocenters. The Morgan fingerprint density at radius 2 is 2.29 bits per heavy atom. The highest BCUT2D eigenvalue weighted by atomic mass is 16.6. The van der Waals surface area contributed by atoms with Crippen LogP contribution < -0.4 is 4.74 Å². The van der Waals surface area contributed by atoms with Gasteiger partial charge in [-0.25, -0.2) is 14.3 Å². The first-order valence-electron chi connectivity index (χ1n) is 4.61. The number of nitro groups is 1. The first kappa shape index (κ1) is 10.8. The highest BCUT2D eigenvalue weighted by Gasteiger charge is 2.10. The van der Waals surface area contributed by atoms with Crippen molar-refractivity contribution in [3.8, 4) is 5.75 Å². The second-order valence-electron chi connectivity index (χ2n) is 3.09. The number of carbonyl (C=O) groups is 1. The van der Waals surface area contributed by atoms with Gasteiger partial charge in [0.05, 0.1) is 11.0 Å². The Hall–Kier alpha value is -2.70. The molecule has 86 valence electrons. The fourth-order valence-corrected chi connectivity index (χ4v) is 1.18. The van der Waals surface area contributed by atoms with E-state index in [4.69, 9.17) is 4.74 Å². The van der Waals surface area contributed by atoms with E-state index in [2.05, 4.69) is 4.98 Å². The fraction of sp³-hybridized carbons (Fsp3) is 0. The molecule has 0 saturated heterocycles. The van der Waals surface area contributed by atoms with Crippen LogP contribution in [0.15, 0.2) is 43.0 Å². The molecular formula is C10H7N3O4. The molecule has 0 aliphatic heterocycles.